The normalized spacial score (nSPS) is 18.3. The Morgan fingerprint density at radius 3 is 1.91 bits per heavy atom. The number of halogens is 2. The van der Waals surface area contributed by atoms with Crippen molar-refractivity contribution in [1.29, 1.82) is 0 Å². The Bertz CT molecular complexity index is 1020. The van der Waals surface area contributed by atoms with Crippen molar-refractivity contribution in [3.63, 3.8) is 0 Å². The molecular weight excluding hydrogens is 540 g/mol. The van der Waals surface area contributed by atoms with E-state index in [-0.39, 0.29) is 0 Å². The summed E-state index contributed by atoms with van der Waals surface area (Å²) in [5.74, 6) is 1.14. The van der Waals surface area contributed by atoms with Gasteiger partial charge in [-0.15, -0.1) is 0 Å². The third kappa shape index (κ3) is 6.62. The van der Waals surface area contributed by atoms with Crippen LogP contribution in [0.15, 0.2) is 77.8 Å². The van der Waals surface area contributed by atoms with Crippen molar-refractivity contribution in [1.82, 2.24) is 0 Å². The van der Waals surface area contributed by atoms with Crippen molar-refractivity contribution in [3.05, 3.63) is 101 Å². The minimum atomic E-state index is -0.826. The number of nitrogens with zero attached hydrogens (tertiary/aromatic N) is 1. The van der Waals surface area contributed by atoms with Crippen molar-refractivity contribution in [2.45, 2.75) is 57.9 Å². The second-order valence-corrected chi connectivity index (χ2v) is 13.1. The fourth-order valence-electron chi connectivity index (χ4n) is 4.88. The topological polar surface area (TPSA) is 32.6 Å². The van der Waals surface area contributed by atoms with Crippen LogP contribution in [0.5, 0.6) is 5.75 Å². The van der Waals surface area contributed by atoms with E-state index in [1.807, 2.05) is 24.4 Å². The van der Waals surface area contributed by atoms with Gasteiger partial charge >= 0.3 is 37.9 Å². The van der Waals surface area contributed by atoms with Gasteiger partial charge in [-0.25, -0.2) is 0 Å². The van der Waals surface area contributed by atoms with E-state index < -0.39 is 26.3 Å². The molecule has 0 bridgehead atoms. The van der Waals surface area contributed by atoms with Gasteiger partial charge in [0.15, 0.2) is 0 Å². The first-order chi connectivity index (χ1) is 16.4. The molecule has 5 heteroatoms. The molecule has 4 rings (SSSR count). The van der Waals surface area contributed by atoms with Crippen LogP contribution in [-0.4, -0.2) is 17.4 Å². The maximum atomic E-state index is 11.5. The Balaban J connectivity index is 0.00000103. The Hall–Kier alpha value is -1.41. The zero-order chi connectivity index (χ0) is 24.6. The molecule has 3 aromatic rings. The summed E-state index contributed by atoms with van der Waals surface area (Å²) in [7, 11) is 9.87. The van der Waals surface area contributed by atoms with Crippen molar-refractivity contribution in [2.75, 3.05) is 0 Å². The number of aliphatic imine (C=N–C) groups is 1. The molecule has 0 unspecified atom stereocenters. The van der Waals surface area contributed by atoms with Crippen LogP contribution in [0.2, 0.25) is 0 Å². The average molecular weight is 574 g/mol. The Morgan fingerprint density at radius 1 is 0.912 bits per heavy atom. The van der Waals surface area contributed by atoms with E-state index in [1.54, 1.807) is 0 Å². The number of hydrogen-bond acceptors (Lipinski definition) is 2. The molecule has 1 fully saturated rings. The summed E-state index contributed by atoms with van der Waals surface area (Å²) in [4.78, 5) is 4.87. The van der Waals surface area contributed by atoms with E-state index in [4.69, 9.17) is 22.0 Å². The van der Waals surface area contributed by atoms with Crippen LogP contribution in [0, 0.1) is 12.8 Å². The first-order valence-corrected chi connectivity index (χ1v) is 18.2. The molecule has 34 heavy (non-hydrogen) atoms. The van der Waals surface area contributed by atoms with E-state index in [0.29, 0.717) is 11.8 Å². The number of phenolic OH excluding ortho intramolecular Hbond substituents is 1. The van der Waals surface area contributed by atoms with E-state index in [9.17, 15) is 5.11 Å². The number of aromatic hydroxyl groups is 1. The zero-order valence-electron chi connectivity index (χ0n) is 20.1. The van der Waals surface area contributed by atoms with Gasteiger partial charge in [-0.2, -0.15) is 0 Å². The minimum absolute atomic E-state index is 0.328. The van der Waals surface area contributed by atoms with Crippen LogP contribution in [0.25, 0.3) is 0 Å². The zero-order valence-corrected chi connectivity index (χ0v) is 24.1. The standard InChI is InChI=1S/C29H33NO.2ClH.Zr/c1-21-14-16-26(17-15-21)30-20-23-18-22(2)19-27(28(23)31)29(3,24-10-6-4-7-11-24)25-12-8-5-9-13-25;;;/h4-13,18-21,26,31H,14-17H2,1-3H3;2*1H;/q;;;+2/p-2. The third-order valence-corrected chi connectivity index (χ3v) is 6.93. The first-order valence-electron chi connectivity index (χ1n) is 11.8. The summed E-state index contributed by atoms with van der Waals surface area (Å²) in [6.07, 6.45) is 6.68. The molecule has 0 amide bonds. The second-order valence-electron chi connectivity index (χ2n) is 9.37. The van der Waals surface area contributed by atoms with Crippen LogP contribution in [0.1, 0.15) is 67.3 Å². The Morgan fingerprint density at radius 2 is 1.41 bits per heavy atom. The summed E-state index contributed by atoms with van der Waals surface area (Å²) in [6.45, 7) is 6.63. The fraction of sp³-hybridized carbons (Fsp3) is 0.345. The molecule has 3 aromatic carbocycles. The van der Waals surface area contributed by atoms with E-state index in [1.165, 1.54) is 12.8 Å². The molecule has 1 aliphatic rings. The molecule has 0 radical (unpaired) electrons. The second kappa shape index (κ2) is 13.1. The monoisotopic (exact) mass is 571 g/mol. The summed E-state index contributed by atoms with van der Waals surface area (Å²) < 4.78 is 0. The molecule has 1 aliphatic carbocycles. The van der Waals surface area contributed by atoms with Crippen LogP contribution in [-0.2, 0) is 26.3 Å². The quantitative estimate of drug-likeness (QED) is 0.241. The maximum absolute atomic E-state index is 11.5. The number of aryl methyl sites for hydroxylation is 1. The van der Waals surface area contributed by atoms with Crippen LogP contribution >= 0.6 is 17.0 Å². The van der Waals surface area contributed by atoms with Gasteiger partial charge < -0.3 is 5.11 Å². The summed E-state index contributed by atoms with van der Waals surface area (Å²) in [6, 6.07) is 25.4. The molecule has 0 saturated heterocycles. The van der Waals surface area contributed by atoms with Gasteiger partial charge in [0.1, 0.15) is 5.75 Å². The van der Waals surface area contributed by atoms with Gasteiger partial charge in [-0.1, -0.05) is 73.7 Å². The van der Waals surface area contributed by atoms with E-state index >= 15 is 0 Å². The average Bonchev–Trinajstić information content (AvgIpc) is 2.86. The van der Waals surface area contributed by atoms with Gasteiger partial charge in [0.05, 0.1) is 0 Å². The summed E-state index contributed by atoms with van der Waals surface area (Å²) in [5.41, 5.74) is 4.71. The molecule has 0 aliphatic heterocycles. The van der Waals surface area contributed by atoms with Gasteiger partial charge in [-0.05, 0) is 68.2 Å². The third-order valence-electron chi connectivity index (χ3n) is 6.93. The summed E-state index contributed by atoms with van der Waals surface area (Å²) >= 11 is -0.826. The predicted octanol–water partition coefficient (Wildman–Crippen LogP) is 8.43. The van der Waals surface area contributed by atoms with Crippen LogP contribution in [0.3, 0.4) is 0 Å². The van der Waals surface area contributed by atoms with Gasteiger partial charge in [-0.3, -0.25) is 4.99 Å². The molecule has 1 N–H and O–H groups in total. The van der Waals surface area contributed by atoms with E-state index in [2.05, 4.69) is 75.4 Å². The molecule has 0 atom stereocenters. The first kappa shape index (κ1) is 27.2. The van der Waals surface area contributed by atoms with Gasteiger partial charge in [0, 0.05) is 28.8 Å². The van der Waals surface area contributed by atoms with E-state index in [0.717, 1.165) is 46.6 Å². The molecule has 2 nitrogen and oxygen atoms in total. The summed E-state index contributed by atoms with van der Waals surface area (Å²) in [5, 5.41) is 11.5. The van der Waals surface area contributed by atoms with Crippen LogP contribution < -0.4 is 0 Å². The molecule has 1 saturated carbocycles. The Labute approximate surface area is 223 Å². The number of hydrogen-bond donors (Lipinski definition) is 1. The SMILES string of the molecule is Cc1cc(C=NC2CCC(C)CC2)c(O)c(C(C)(c2ccccc2)c2ccccc2)c1.[Cl][Zr][Cl]. The van der Waals surface area contributed by atoms with Crippen molar-refractivity contribution >= 4 is 23.2 Å². The van der Waals surface area contributed by atoms with Crippen molar-refractivity contribution < 1.29 is 26.0 Å². The molecule has 0 spiro atoms. The molecular formula is C29H33Cl2NOZr. The Kier molecular flexibility index (Phi) is 10.4. The number of rotatable bonds is 5. The molecule has 0 heterocycles. The van der Waals surface area contributed by atoms with Crippen LogP contribution in [0.4, 0.5) is 0 Å². The molecule has 0 aromatic heterocycles. The van der Waals surface area contributed by atoms with Crippen molar-refractivity contribution in [3.8, 4) is 5.75 Å². The van der Waals surface area contributed by atoms with Gasteiger partial charge in [0.2, 0.25) is 0 Å². The predicted molar refractivity (Wildman–Crippen MR) is 142 cm³/mol. The fourth-order valence-corrected chi connectivity index (χ4v) is 4.88. The van der Waals surface area contributed by atoms with Crippen molar-refractivity contribution in [2.24, 2.45) is 10.9 Å². The molecule has 178 valence electrons. The number of benzene rings is 3. The number of phenols is 1. The van der Waals surface area contributed by atoms with Gasteiger partial charge in [0.25, 0.3) is 0 Å².